The number of carbonyl (C=O) groups is 1. The van der Waals surface area contributed by atoms with Gasteiger partial charge in [0.1, 0.15) is 11.4 Å². The molecule has 6 heteroatoms. The first-order valence-corrected chi connectivity index (χ1v) is 6.40. The summed E-state index contributed by atoms with van der Waals surface area (Å²) in [5.41, 5.74) is 1.94. The van der Waals surface area contributed by atoms with Crippen LogP contribution in [0.5, 0.6) is 0 Å². The molecular formula is C13H12BrFN2O2. The second-order valence-electron chi connectivity index (χ2n) is 4.29. The third kappa shape index (κ3) is 2.84. The number of carboxylic acid groups (broad SMARTS) is 1. The molecule has 2 rings (SSSR count). The van der Waals surface area contributed by atoms with Crippen LogP contribution in [0.25, 0.3) is 0 Å². The van der Waals surface area contributed by atoms with Crippen LogP contribution in [-0.4, -0.2) is 20.9 Å². The fourth-order valence-corrected chi connectivity index (χ4v) is 2.55. The molecule has 1 aromatic heterocycles. The number of benzene rings is 1. The molecule has 0 fully saturated rings. The molecule has 0 saturated heterocycles. The zero-order chi connectivity index (χ0) is 14.2. The lowest BCUT2D eigenvalue weighted by Crippen LogP contribution is -2.06. The second kappa shape index (κ2) is 5.13. The van der Waals surface area contributed by atoms with E-state index in [4.69, 9.17) is 5.11 Å². The molecule has 0 aliphatic rings. The summed E-state index contributed by atoms with van der Waals surface area (Å²) in [6, 6.07) is 4.55. The Balaban J connectivity index is 2.39. The van der Waals surface area contributed by atoms with Crippen molar-refractivity contribution in [2.24, 2.45) is 0 Å². The smallest absolute Gasteiger partial charge is 0.339 e. The van der Waals surface area contributed by atoms with Crippen molar-refractivity contribution in [2.75, 3.05) is 0 Å². The first-order chi connectivity index (χ1) is 8.88. The average Bonchev–Trinajstić information content (AvgIpc) is 2.52. The van der Waals surface area contributed by atoms with Gasteiger partial charge in [0.05, 0.1) is 17.9 Å². The Morgan fingerprint density at radius 2 is 2.11 bits per heavy atom. The van der Waals surface area contributed by atoms with Gasteiger partial charge in [-0.3, -0.25) is 4.68 Å². The first-order valence-electron chi connectivity index (χ1n) is 5.60. The molecule has 1 aromatic carbocycles. The minimum Gasteiger partial charge on any atom is -0.478 e. The number of aryl methyl sites for hydroxylation is 1. The molecule has 100 valence electrons. The Morgan fingerprint density at radius 3 is 2.63 bits per heavy atom. The highest BCUT2D eigenvalue weighted by atomic mass is 79.9. The van der Waals surface area contributed by atoms with Crippen molar-refractivity contribution in [2.45, 2.75) is 20.4 Å². The number of hydrogen-bond acceptors (Lipinski definition) is 2. The number of carboxylic acids is 1. The molecule has 0 unspecified atom stereocenters. The standard InChI is InChI=1S/C13H12BrFN2O2/c1-7-12(13(18)19)8(2)17(16-7)6-9-3-10(14)5-11(15)4-9/h3-5H,6H2,1-2H3,(H,18,19). The lowest BCUT2D eigenvalue weighted by atomic mass is 10.2. The van der Waals surface area contributed by atoms with Crippen LogP contribution < -0.4 is 0 Å². The van der Waals surface area contributed by atoms with Crippen molar-refractivity contribution in [3.63, 3.8) is 0 Å². The maximum Gasteiger partial charge on any atom is 0.339 e. The quantitative estimate of drug-likeness (QED) is 0.942. The van der Waals surface area contributed by atoms with E-state index in [1.54, 1.807) is 24.6 Å². The van der Waals surface area contributed by atoms with Gasteiger partial charge in [0.15, 0.2) is 0 Å². The van der Waals surface area contributed by atoms with E-state index >= 15 is 0 Å². The maximum absolute atomic E-state index is 13.3. The van der Waals surface area contributed by atoms with E-state index in [1.165, 1.54) is 12.1 Å². The third-order valence-corrected chi connectivity index (χ3v) is 3.31. The van der Waals surface area contributed by atoms with Gasteiger partial charge in [-0.1, -0.05) is 15.9 Å². The molecule has 0 atom stereocenters. The molecular weight excluding hydrogens is 315 g/mol. The van der Waals surface area contributed by atoms with Gasteiger partial charge in [-0.15, -0.1) is 0 Å². The monoisotopic (exact) mass is 326 g/mol. The fraction of sp³-hybridized carbons (Fsp3) is 0.231. The Kier molecular flexibility index (Phi) is 3.71. The Labute approximate surface area is 118 Å². The predicted octanol–water partition coefficient (Wildman–Crippen LogP) is 3.15. The lowest BCUT2D eigenvalue weighted by Gasteiger charge is -2.06. The zero-order valence-electron chi connectivity index (χ0n) is 10.4. The molecule has 19 heavy (non-hydrogen) atoms. The summed E-state index contributed by atoms with van der Waals surface area (Å²) in [4.78, 5) is 11.1. The SMILES string of the molecule is Cc1nn(Cc2cc(F)cc(Br)c2)c(C)c1C(=O)O. The Morgan fingerprint density at radius 1 is 1.42 bits per heavy atom. The molecule has 2 aromatic rings. The number of rotatable bonds is 3. The van der Waals surface area contributed by atoms with Gasteiger partial charge in [-0.2, -0.15) is 5.10 Å². The van der Waals surface area contributed by atoms with Crippen molar-refractivity contribution in [1.82, 2.24) is 9.78 Å². The normalized spacial score (nSPS) is 10.7. The molecule has 0 radical (unpaired) electrons. The number of aromatic carboxylic acids is 1. The van der Waals surface area contributed by atoms with Crippen molar-refractivity contribution in [3.8, 4) is 0 Å². The van der Waals surface area contributed by atoms with Crippen LogP contribution in [0, 0.1) is 19.7 Å². The van der Waals surface area contributed by atoms with E-state index in [2.05, 4.69) is 21.0 Å². The number of hydrogen-bond donors (Lipinski definition) is 1. The van der Waals surface area contributed by atoms with E-state index in [1.807, 2.05) is 0 Å². The second-order valence-corrected chi connectivity index (χ2v) is 5.20. The summed E-state index contributed by atoms with van der Waals surface area (Å²) in [5, 5.41) is 13.3. The minimum absolute atomic E-state index is 0.204. The molecule has 4 nitrogen and oxygen atoms in total. The van der Waals surface area contributed by atoms with Crippen molar-refractivity contribution < 1.29 is 14.3 Å². The van der Waals surface area contributed by atoms with E-state index in [0.29, 0.717) is 22.4 Å². The van der Waals surface area contributed by atoms with Crippen molar-refractivity contribution >= 4 is 21.9 Å². The molecule has 0 bridgehead atoms. The van der Waals surface area contributed by atoms with Crippen LogP contribution in [0.15, 0.2) is 22.7 Å². The van der Waals surface area contributed by atoms with Gasteiger partial charge in [0, 0.05) is 4.47 Å². The zero-order valence-corrected chi connectivity index (χ0v) is 12.0. The fourth-order valence-electron chi connectivity index (χ4n) is 2.04. The van der Waals surface area contributed by atoms with Gasteiger partial charge < -0.3 is 5.11 Å². The number of aromatic nitrogens is 2. The van der Waals surface area contributed by atoms with E-state index in [9.17, 15) is 9.18 Å². The highest BCUT2D eigenvalue weighted by Crippen LogP contribution is 2.18. The summed E-state index contributed by atoms with van der Waals surface area (Å²) in [6.45, 7) is 3.67. The van der Waals surface area contributed by atoms with Crippen LogP contribution in [0.3, 0.4) is 0 Å². The largest absolute Gasteiger partial charge is 0.478 e. The van der Waals surface area contributed by atoms with E-state index in [0.717, 1.165) is 5.56 Å². The topological polar surface area (TPSA) is 55.1 Å². The first kappa shape index (κ1) is 13.7. The van der Waals surface area contributed by atoms with Crippen LogP contribution >= 0.6 is 15.9 Å². The molecule has 0 spiro atoms. The summed E-state index contributed by atoms with van der Waals surface area (Å²) in [7, 11) is 0. The summed E-state index contributed by atoms with van der Waals surface area (Å²) >= 11 is 3.22. The van der Waals surface area contributed by atoms with Gasteiger partial charge in [0.25, 0.3) is 0 Å². The molecule has 1 heterocycles. The van der Waals surface area contributed by atoms with Crippen LogP contribution in [0.2, 0.25) is 0 Å². The highest BCUT2D eigenvalue weighted by molar-refractivity contribution is 9.10. The molecule has 0 aliphatic heterocycles. The molecule has 0 saturated carbocycles. The van der Waals surface area contributed by atoms with Gasteiger partial charge in [-0.25, -0.2) is 9.18 Å². The summed E-state index contributed by atoms with van der Waals surface area (Å²) in [6.07, 6.45) is 0. The molecule has 0 aliphatic carbocycles. The lowest BCUT2D eigenvalue weighted by molar-refractivity contribution is 0.0695. The third-order valence-electron chi connectivity index (χ3n) is 2.85. The molecule has 0 amide bonds. The van der Waals surface area contributed by atoms with Crippen LogP contribution in [0.1, 0.15) is 27.3 Å². The van der Waals surface area contributed by atoms with E-state index < -0.39 is 5.97 Å². The van der Waals surface area contributed by atoms with Gasteiger partial charge >= 0.3 is 5.97 Å². The van der Waals surface area contributed by atoms with Crippen molar-refractivity contribution in [1.29, 1.82) is 0 Å². The van der Waals surface area contributed by atoms with Crippen LogP contribution in [-0.2, 0) is 6.54 Å². The number of nitrogens with zero attached hydrogens (tertiary/aromatic N) is 2. The summed E-state index contributed by atoms with van der Waals surface area (Å²) < 4.78 is 15.5. The highest BCUT2D eigenvalue weighted by Gasteiger charge is 2.17. The Bertz CT molecular complexity index is 632. The van der Waals surface area contributed by atoms with Gasteiger partial charge in [-0.05, 0) is 37.6 Å². The summed E-state index contributed by atoms with van der Waals surface area (Å²) in [5.74, 6) is -1.34. The van der Waals surface area contributed by atoms with Crippen molar-refractivity contribution in [3.05, 3.63) is 51.0 Å². The van der Waals surface area contributed by atoms with Crippen LogP contribution in [0.4, 0.5) is 4.39 Å². The van der Waals surface area contributed by atoms with Gasteiger partial charge in [0.2, 0.25) is 0 Å². The average molecular weight is 327 g/mol. The number of halogens is 2. The van der Waals surface area contributed by atoms with E-state index in [-0.39, 0.29) is 11.4 Å². The predicted molar refractivity (Wildman–Crippen MR) is 71.9 cm³/mol. The minimum atomic E-state index is -0.998. The molecule has 1 N–H and O–H groups in total. The Hall–Kier alpha value is -1.69. The maximum atomic E-state index is 13.3.